The molecule has 0 spiro atoms. The number of benzene rings is 2. The van der Waals surface area contributed by atoms with Crippen LogP contribution in [0.2, 0.25) is 0 Å². The largest absolute Gasteiger partial charge is 0.385 e. The van der Waals surface area contributed by atoms with Crippen molar-refractivity contribution in [2.45, 2.75) is 46.6 Å². The fourth-order valence-corrected chi connectivity index (χ4v) is 4.32. The first-order valence-electron chi connectivity index (χ1n) is 11.6. The number of likely N-dealkylation sites (N-methyl/N-ethyl adjacent to an activating group) is 1. The zero-order valence-corrected chi connectivity index (χ0v) is 20.2. The highest BCUT2D eigenvalue weighted by Crippen LogP contribution is 2.35. The maximum atomic E-state index is 6.55. The van der Waals surface area contributed by atoms with E-state index < -0.39 is 0 Å². The summed E-state index contributed by atoms with van der Waals surface area (Å²) < 4.78 is 0. The smallest absolute Gasteiger partial charge is 0.0996 e. The summed E-state index contributed by atoms with van der Waals surface area (Å²) in [5, 5.41) is 3.72. The van der Waals surface area contributed by atoms with Crippen LogP contribution in [-0.4, -0.2) is 18.0 Å². The molecule has 2 aromatic rings. The molecule has 0 saturated carbocycles. The molecule has 0 saturated heterocycles. The third-order valence-electron chi connectivity index (χ3n) is 6.54. The van der Waals surface area contributed by atoms with E-state index in [1.807, 2.05) is 18.2 Å². The van der Waals surface area contributed by atoms with E-state index >= 15 is 0 Å². The molecule has 0 aromatic heterocycles. The molecule has 2 atom stereocenters. The van der Waals surface area contributed by atoms with E-state index in [9.17, 15) is 0 Å². The van der Waals surface area contributed by atoms with Gasteiger partial charge in [-0.15, -0.1) is 0 Å². The van der Waals surface area contributed by atoms with E-state index in [1.54, 1.807) is 0 Å². The molecule has 0 bridgehead atoms. The van der Waals surface area contributed by atoms with Gasteiger partial charge in [-0.3, -0.25) is 0 Å². The van der Waals surface area contributed by atoms with Crippen LogP contribution in [0.1, 0.15) is 50.3 Å². The van der Waals surface area contributed by atoms with Crippen molar-refractivity contribution in [2.75, 3.05) is 7.05 Å². The molecule has 0 aliphatic carbocycles. The number of nitrogens with two attached hydrogens (primary N) is 1. The van der Waals surface area contributed by atoms with Gasteiger partial charge in [-0.05, 0) is 47.6 Å². The topological polar surface area (TPSA) is 41.3 Å². The molecule has 0 amide bonds. The molecule has 2 aromatic carbocycles. The molecule has 1 heterocycles. The molecule has 3 nitrogen and oxygen atoms in total. The van der Waals surface area contributed by atoms with E-state index in [0.29, 0.717) is 5.92 Å². The van der Waals surface area contributed by atoms with Crippen LogP contribution in [0.4, 0.5) is 0 Å². The van der Waals surface area contributed by atoms with Gasteiger partial charge in [-0.25, -0.2) is 0 Å². The van der Waals surface area contributed by atoms with E-state index in [1.165, 1.54) is 28.0 Å². The lowest BCUT2D eigenvalue weighted by Crippen LogP contribution is -2.46. The van der Waals surface area contributed by atoms with Crippen LogP contribution < -0.4 is 11.1 Å². The first-order valence-corrected chi connectivity index (χ1v) is 11.6. The van der Waals surface area contributed by atoms with Gasteiger partial charge in [0.05, 0.1) is 11.9 Å². The number of hydrogen-bond donors (Lipinski definition) is 2. The molecule has 3 heteroatoms. The summed E-state index contributed by atoms with van der Waals surface area (Å²) in [6.07, 6.45) is 6.39. The molecular weight excluding hydrogens is 390 g/mol. The Hall–Kier alpha value is -3.20. The summed E-state index contributed by atoms with van der Waals surface area (Å²) in [5.41, 5.74) is 14.7. The second kappa shape index (κ2) is 10.4. The van der Waals surface area contributed by atoms with Gasteiger partial charge in [-0.2, -0.15) is 0 Å². The van der Waals surface area contributed by atoms with E-state index in [0.717, 1.165) is 29.9 Å². The quantitative estimate of drug-likeness (QED) is 0.508. The molecule has 168 valence electrons. The predicted molar refractivity (Wildman–Crippen MR) is 138 cm³/mol. The molecule has 32 heavy (non-hydrogen) atoms. The highest BCUT2D eigenvalue weighted by Gasteiger charge is 2.32. The monoisotopic (exact) mass is 427 g/mol. The van der Waals surface area contributed by atoms with Gasteiger partial charge < -0.3 is 16.0 Å². The number of allylic oxidation sites excluding steroid dienone is 3. The molecule has 3 N–H and O–H groups in total. The van der Waals surface area contributed by atoms with Crippen molar-refractivity contribution in [1.29, 1.82) is 0 Å². The van der Waals surface area contributed by atoms with Crippen LogP contribution in [0.15, 0.2) is 89.9 Å². The van der Waals surface area contributed by atoms with Crippen molar-refractivity contribution >= 4 is 11.8 Å². The minimum absolute atomic E-state index is 0.146. The van der Waals surface area contributed by atoms with Crippen molar-refractivity contribution in [3.63, 3.8) is 0 Å². The molecular formula is C29H37N3. The maximum absolute atomic E-state index is 6.55. The Morgan fingerprint density at radius 1 is 1.12 bits per heavy atom. The third kappa shape index (κ3) is 4.99. The van der Waals surface area contributed by atoms with Crippen LogP contribution in [0.5, 0.6) is 0 Å². The highest BCUT2D eigenvalue weighted by molar-refractivity contribution is 5.68. The first kappa shape index (κ1) is 23.5. The maximum Gasteiger partial charge on any atom is 0.0996 e. The Kier molecular flexibility index (Phi) is 7.63. The van der Waals surface area contributed by atoms with Crippen molar-refractivity contribution in [3.05, 3.63) is 107 Å². The average molecular weight is 428 g/mol. The number of hydrogen-bond acceptors (Lipinski definition) is 3. The number of nitrogens with one attached hydrogen (secondary N) is 1. The van der Waals surface area contributed by atoms with E-state index in [4.69, 9.17) is 5.73 Å². The number of aryl methyl sites for hydroxylation is 1. The van der Waals surface area contributed by atoms with Gasteiger partial charge in [-0.1, -0.05) is 94.4 Å². The second-order valence-electron chi connectivity index (χ2n) is 8.69. The third-order valence-corrected chi connectivity index (χ3v) is 6.54. The minimum Gasteiger partial charge on any atom is -0.385 e. The second-order valence-corrected chi connectivity index (χ2v) is 8.69. The van der Waals surface area contributed by atoms with Gasteiger partial charge >= 0.3 is 0 Å². The zero-order chi connectivity index (χ0) is 23.3. The molecule has 2 unspecified atom stereocenters. The Morgan fingerprint density at radius 2 is 1.78 bits per heavy atom. The van der Waals surface area contributed by atoms with Crippen molar-refractivity contribution in [3.8, 4) is 0 Å². The summed E-state index contributed by atoms with van der Waals surface area (Å²) in [6.45, 7) is 13.3. The predicted octanol–water partition coefficient (Wildman–Crippen LogP) is 6.46. The number of nitrogens with zero attached hydrogens (tertiary/aromatic N) is 1. The zero-order valence-electron chi connectivity index (χ0n) is 20.2. The molecule has 0 radical (unpaired) electrons. The molecule has 1 aliphatic rings. The number of rotatable bonds is 8. The molecule has 1 aliphatic heterocycles. The Balaban J connectivity index is 2.17. The Bertz CT molecular complexity index is 1040. The fraction of sp³-hybridized carbons (Fsp3) is 0.310. The van der Waals surface area contributed by atoms with Crippen LogP contribution >= 0.6 is 0 Å². The van der Waals surface area contributed by atoms with Crippen LogP contribution in [0.25, 0.3) is 11.8 Å². The van der Waals surface area contributed by atoms with Gasteiger partial charge in [0, 0.05) is 24.0 Å². The molecule has 0 fully saturated rings. The SMILES string of the molecule is C=C(NC1=C(/C(=C/c2ccccc2C)CC)C=C(N)N(C)C1C(C)CC)c1ccccc1. The normalized spacial score (nSPS) is 17.8. The average Bonchev–Trinajstić information content (AvgIpc) is 2.81. The summed E-state index contributed by atoms with van der Waals surface area (Å²) >= 11 is 0. The fourth-order valence-electron chi connectivity index (χ4n) is 4.32. The Labute approximate surface area is 194 Å². The van der Waals surface area contributed by atoms with Gasteiger partial charge in [0.2, 0.25) is 0 Å². The minimum atomic E-state index is 0.146. The van der Waals surface area contributed by atoms with Crippen LogP contribution in [-0.2, 0) is 0 Å². The summed E-state index contributed by atoms with van der Waals surface area (Å²) in [5.74, 6) is 1.22. The summed E-state index contributed by atoms with van der Waals surface area (Å²) in [7, 11) is 2.09. The van der Waals surface area contributed by atoms with Gasteiger partial charge in [0.25, 0.3) is 0 Å². The summed E-state index contributed by atoms with van der Waals surface area (Å²) in [4.78, 5) is 2.19. The van der Waals surface area contributed by atoms with Crippen molar-refractivity contribution < 1.29 is 0 Å². The standard InChI is InChI=1S/C29H37N3/c1-7-20(3)29-28(31-22(5)24-15-10-9-11-16-24)26(19-27(30)32(29)6)23(8-2)18-25-17-13-12-14-21(25)4/h9-20,29,31H,5,7-8,30H2,1-4,6H3/b23-18+. The van der Waals surface area contributed by atoms with Crippen molar-refractivity contribution in [1.82, 2.24) is 10.2 Å². The van der Waals surface area contributed by atoms with Gasteiger partial charge in [0.1, 0.15) is 0 Å². The highest BCUT2D eigenvalue weighted by atomic mass is 15.2. The Morgan fingerprint density at radius 3 is 2.41 bits per heavy atom. The van der Waals surface area contributed by atoms with E-state index in [-0.39, 0.29) is 6.04 Å². The van der Waals surface area contributed by atoms with Crippen LogP contribution in [0.3, 0.4) is 0 Å². The lowest BCUT2D eigenvalue weighted by Gasteiger charge is -2.41. The van der Waals surface area contributed by atoms with Gasteiger partial charge in [0.15, 0.2) is 0 Å². The van der Waals surface area contributed by atoms with E-state index in [2.05, 4.69) is 100 Å². The van der Waals surface area contributed by atoms with Crippen LogP contribution in [0, 0.1) is 12.8 Å². The summed E-state index contributed by atoms with van der Waals surface area (Å²) in [6, 6.07) is 19.0. The lowest BCUT2D eigenvalue weighted by atomic mass is 9.86. The molecule has 3 rings (SSSR count). The van der Waals surface area contributed by atoms with Crippen molar-refractivity contribution in [2.24, 2.45) is 11.7 Å². The lowest BCUT2D eigenvalue weighted by molar-refractivity contribution is 0.243. The first-order chi connectivity index (χ1) is 15.4.